The van der Waals surface area contributed by atoms with E-state index in [1.54, 1.807) is 5.54 Å². The Morgan fingerprint density at radius 3 is 3.12 bits per heavy atom. The van der Waals surface area contributed by atoms with Gasteiger partial charge in [0.05, 0.1) is 0 Å². The maximum absolute atomic E-state index is 5.81. The van der Waals surface area contributed by atoms with Crippen molar-refractivity contribution in [3.63, 3.8) is 0 Å². The van der Waals surface area contributed by atoms with Gasteiger partial charge in [-0.1, -0.05) is 29.8 Å². The molecule has 0 bridgehead atoms. The standard InChI is InChI=1S/C13H16ClNO/c1-10(7-14)8-15-9-12-6-11-4-2-3-5-13(11)16-12/h2-5,7,12,15H,6,8-9H2,1H3/b10-7-. The molecule has 0 aliphatic carbocycles. The highest BCUT2D eigenvalue weighted by atomic mass is 35.5. The van der Waals surface area contributed by atoms with Crippen LogP contribution in [-0.2, 0) is 6.42 Å². The van der Waals surface area contributed by atoms with E-state index >= 15 is 0 Å². The molecule has 0 radical (unpaired) electrons. The second-order valence-corrected chi connectivity index (χ2v) is 4.36. The molecule has 0 saturated carbocycles. The molecule has 1 aromatic carbocycles. The van der Waals surface area contributed by atoms with Crippen molar-refractivity contribution in [3.05, 3.63) is 40.9 Å². The highest BCUT2D eigenvalue weighted by molar-refractivity contribution is 6.25. The smallest absolute Gasteiger partial charge is 0.123 e. The molecule has 1 aliphatic rings. The predicted molar refractivity (Wildman–Crippen MR) is 67.0 cm³/mol. The number of benzene rings is 1. The lowest BCUT2D eigenvalue weighted by molar-refractivity contribution is 0.229. The van der Waals surface area contributed by atoms with Gasteiger partial charge in [-0.05, 0) is 24.1 Å². The molecular formula is C13H16ClNO. The normalized spacial score (nSPS) is 19.4. The summed E-state index contributed by atoms with van der Waals surface area (Å²) in [5, 5.41) is 3.34. The van der Waals surface area contributed by atoms with Crippen molar-refractivity contribution < 1.29 is 4.74 Å². The third-order valence-electron chi connectivity index (χ3n) is 2.68. The molecule has 1 N–H and O–H groups in total. The monoisotopic (exact) mass is 237 g/mol. The lowest BCUT2D eigenvalue weighted by Crippen LogP contribution is -2.31. The average molecular weight is 238 g/mol. The summed E-state index contributed by atoms with van der Waals surface area (Å²) in [4.78, 5) is 0. The van der Waals surface area contributed by atoms with Crippen LogP contribution < -0.4 is 10.1 Å². The van der Waals surface area contributed by atoms with Crippen LogP contribution >= 0.6 is 11.6 Å². The van der Waals surface area contributed by atoms with Crippen molar-refractivity contribution in [1.29, 1.82) is 0 Å². The molecule has 2 nitrogen and oxygen atoms in total. The highest BCUT2D eigenvalue weighted by Crippen LogP contribution is 2.27. The third-order valence-corrected chi connectivity index (χ3v) is 3.05. The largest absolute Gasteiger partial charge is 0.488 e. The van der Waals surface area contributed by atoms with E-state index in [1.165, 1.54) is 5.56 Å². The van der Waals surface area contributed by atoms with Gasteiger partial charge in [0.1, 0.15) is 11.9 Å². The summed E-state index contributed by atoms with van der Waals surface area (Å²) in [6, 6.07) is 8.21. The Kier molecular flexibility index (Phi) is 3.86. The van der Waals surface area contributed by atoms with Crippen molar-refractivity contribution in [2.45, 2.75) is 19.4 Å². The lowest BCUT2D eigenvalue weighted by atomic mass is 10.1. The second kappa shape index (κ2) is 5.37. The fraction of sp³-hybridized carbons (Fsp3) is 0.385. The number of hydrogen-bond donors (Lipinski definition) is 1. The minimum atomic E-state index is 0.250. The zero-order valence-corrected chi connectivity index (χ0v) is 10.1. The van der Waals surface area contributed by atoms with Crippen LogP contribution in [0.4, 0.5) is 0 Å². The molecule has 1 unspecified atom stereocenters. The van der Waals surface area contributed by atoms with Crippen LogP contribution in [0, 0.1) is 0 Å². The number of ether oxygens (including phenoxy) is 1. The van der Waals surface area contributed by atoms with E-state index < -0.39 is 0 Å². The Hall–Kier alpha value is -0.990. The van der Waals surface area contributed by atoms with Crippen LogP contribution in [0.25, 0.3) is 0 Å². The van der Waals surface area contributed by atoms with Gasteiger partial charge in [-0.2, -0.15) is 0 Å². The first-order valence-electron chi connectivity index (χ1n) is 5.50. The fourth-order valence-electron chi connectivity index (χ4n) is 1.84. The number of fused-ring (bicyclic) bond motifs is 1. The molecule has 86 valence electrons. The van der Waals surface area contributed by atoms with Crippen LogP contribution in [0.1, 0.15) is 12.5 Å². The van der Waals surface area contributed by atoms with Crippen LogP contribution in [0.5, 0.6) is 5.75 Å². The number of rotatable bonds is 4. The van der Waals surface area contributed by atoms with Gasteiger partial charge in [0.15, 0.2) is 0 Å². The van der Waals surface area contributed by atoms with E-state index in [1.807, 2.05) is 19.1 Å². The van der Waals surface area contributed by atoms with Crippen molar-refractivity contribution >= 4 is 11.6 Å². The number of nitrogens with one attached hydrogen (secondary N) is 1. The minimum Gasteiger partial charge on any atom is -0.488 e. The van der Waals surface area contributed by atoms with Gasteiger partial charge in [-0.15, -0.1) is 0 Å². The van der Waals surface area contributed by atoms with E-state index in [4.69, 9.17) is 16.3 Å². The van der Waals surface area contributed by atoms with Gasteiger partial charge in [0.25, 0.3) is 0 Å². The molecule has 1 atom stereocenters. The first-order valence-corrected chi connectivity index (χ1v) is 5.94. The second-order valence-electron chi connectivity index (χ2n) is 4.14. The summed E-state index contributed by atoms with van der Waals surface area (Å²) in [6.45, 7) is 3.68. The maximum atomic E-state index is 5.81. The molecular weight excluding hydrogens is 222 g/mol. The van der Waals surface area contributed by atoms with Crippen molar-refractivity contribution in [2.24, 2.45) is 0 Å². The summed E-state index contributed by atoms with van der Waals surface area (Å²) in [5.74, 6) is 1.03. The quantitative estimate of drug-likeness (QED) is 0.870. The molecule has 0 spiro atoms. The summed E-state index contributed by atoms with van der Waals surface area (Å²) in [5.41, 5.74) is 4.05. The van der Waals surface area contributed by atoms with Gasteiger partial charge < -0.3 is 10.1 Å². The summed E-state index contributed by atoms with van der Waals surface area (Å²) >= 11 is 5.59. The SMILES string of the molecule is C/C(=C/Cl)CNCC1Cc2ccccc2O1. The number of para-hydroxylation sites is 1. The number of hydrogen-bond acceptors (Lipinski definition) is 2. The molecule has 2 rings (SSSR count). The van der Waals surface area contributed by atoms with Crippen LogP contribution in [0.15, 0.2) is 35.4 Å². The molecule has 1 aromatic rings. The lowest BCUT2D eigenvalue weighted by Gasteiger charge is -2.11. The Balaban J connectivity index is 1.79. The fourth-order valence-corrected chi connectivity index (χ4v) is 1.91. The molecule has 0 amide bonds. The van der Waals surface area contributed by atoms with Gasteiger partial charge in [-0.25, -0.2) is 0 Å². The zero-order chi connectivity index (χ0) is 11.4. The van der Waals surface area contributed by atoms with Gasteiger partial charge in [0.2, 0.25) is 0 Å². The molecule has 0 saturated heterocycles. The van der Waals surface area contributed by atoms with Crippen molar-refractivity contribution in [1.82, 2.24) is 5.32 Å². The van der Waals surface area contributed by atoms with Gasteiger partial charge in [-0.3, -0.25) is 0 Å². The third kappa shape index (κ3) is 2.77. The zero-order valence-electron chi connectivity index (χ0n) is 9.37. The Morgan fingerprint density at radius 2 is 2.38 bits per heavy atom. The van der Waals surface area contributed by atoms with Gasteiger partial charge >= 0.3 is 0 Å². The van der Waals surface area contributed by atoms with E-state index in [0.29, 0.717) is 0 Å². The molecule has 1 heterocycles. The number of halogens is 1. The van der Waals surface area contributed by atoms with E-state index in [0.717, 1.165) is 30.8 Å². The van der Waals surface area contributed by atoms with E-state index in [2.05, 4.69) is 17.4 Å². The Morgan fingerprint density at radius 1 is 1.56 bits per heavy atom. The van der Waals surface area contributed by atoms with Crippen molar-refractivity contribution in [3.8, 4) is 5.75 Å². The van der Waals surface area contributed by atoms with Crippen LogP contribution in [0.2, 0.25) is 0 Å². The van der Waals surface area contributed by atoms with Crippen LogP contribution in [-0.4, -0.2) is 19.2 Å². The Labute approximate surface area is 101 Å². The molecule has 16 heavy (non-hydrogen) atoms. The Bertz CT molecular complexity index is 364. The summed E-state index contributed by atoms with van der Waals surface area (Å²) in [7, 11) is 0. The maximum Gasteiger partial charge on any atom is 0.123 e. The van der Waals surface area contributed by atoms with Gasteiger partial charge in [0, 0.05) is 25.0 Å². The average Bonchev–Trinajstić information content (AvgIpc) is 2.71. The first-order chi connectivity index (χ1) is 7.79. The molecule has 0 aromatic heterocycles. The first kappa shape index (κ1) is 11.5. The summed E-state index contributed by atoms with van der Waals surface area (Å²) in [6.07, 6.45) is 1.24. The van der Waals surface area contributed by atoms with Crippen LogP contribution in [0.3, 0.4) is 0 Å². The van der Waals surface area contributed by atoms with E-state index in [-0.39, 0.29) is 6.10 Å². The predicted octanol–water partition coefficient (Wildman–Crippen LogP) is 2.72. The summed E-state index contributed by atoms with van der Waals surface area (Å²) < 4.78 is 5.81. The molecule has 3 heteroatoms. The minimum absolute atomic E-state index is 0.250. The van der Waals surface area contributed by atoms with Crippen molar-refractivity contribution in [2.75, 3.05) is 13.1 Å². The molecule has 0 fully saturated rings. The highest BCUT2D eigenvalue weighted by Gasteiger charge is 2.21. The van der Waals surface area contributed by atoms with E-state index in [9.17, 15) is 0 Å². The topological polar surface area (TPSA) is 21.3 Å². The molecule has 1 aliphatic heterocycles.